The van der Waals surface area contributed by atoms with Crippen LogP contribution in [0.5, 0.6) is 0 Å². The second kappa shape index (κ2) is 11.0. The largest absolute Gasteiger partial charge is 2.00 e. The van der Waals surface area contributed by atoms with E-state index in [1.165, 1.54) is 27.7 Å². The van der Waals surface area contributed by atoms with Crippen molar-refractivity contribution in [2.45, 2.75) is 27.7 Å². The quantitative estimate of drug-likeness (QED) is 0.383. The Morgan fingerprint density at radius 3 is 1.00 bits per heavy atom. The number of carbonyl (C=O) groups excluding carboxylic acids is 2. The van der Waals surface area contributed by atoms with Gasteiger partial charge in [0.2, 0.25) is 0 Å². The Labute approximate surface area is 100 Å². The molecule has 15 heavy (non-hydrogen) atoms. The monoisotopic (exact) mass is 253 g/mol. The van der Waals surface area contributed by atoms with Gasteiger partial charge in [-0.05, 0) is 26.0 Å². The fourth-order valence-corrected chi connectivity index (χ4v) is 0.572. The molecule has 0 atom stereocenters. The standard InChI is InChI=1S/2C5H8O2.Mn/c2*1-4(6)3-5(2)7;/h2*3,6H,1-2H3;/q;;+2/p-2. The van der Waals surface area contributed by atoms with E-state index >= 15 is 0 Å². The van der Waals surface area contributed by atoms with Crippen molar-refractivity contribution in [1.82, 2.24) is 0 Å². The Kier molecular flexibility index (Phi) is 14.3. The van der Waals surface area contributed by atoms with Gasteiger partial charge in [-0.1, -0.05) is 13.8 Å². The average Bonchev–Trinajstić information content (AvgIpc) is 1.79. The first-order chi connectivity index (χ1) is 6.25. The second-order valence-electron chi connectivity index (χ2n) is 2.73. The number of ketones is 2. The summed E-state index contributed by atoms with van der Waals surface area (Å²) in [5, 5.41) is 20.0. The fourth-order valence-electron chi connectivity index (χ4n) is 0.572. The van der Waals surface area contributed by atoms with E-state index in [-0.39, 0.29) is 40.2 Å². The first-order valence-electron chi connectivity index (χ1n) is 3.97. The maximum Gasteiger partial charge on any atom is 2.00 e. The molecule has 0 aromatic carbocycles. The van der Waals surface area contributed by atoms with Crippen LogP contribution in [0.3, 0.4) is 0 Å². The minimum absolute atomic E-state index is 0. The molecule has 0 aliphatic rings. The van der Waals surface area contributed by atoms with Crippen molar-refractivity contribution in [3.05, 3.63) is 23.7 Å². The van der Waals surface area contributed by atoms with Crippen LogP contribution < -0.4 is 10.2 Å². The molecular weight excluding hydrogens is 239 g/mol. The van der Waals surface area contributed by atoms with Crippen LogP contribution in [0.25, 0.3) is 0 Å². The summed E-state index contributed by atoms with van der Waals surface area (Å²) in [7, 11) is 0. The van der Waals surface area contributed by atoms with Gasteiger partial charge in [0.05, 0.1) is 0 Å². The van der Waals surface area contributed by atoms with Crippen LogP contribution in [0.4, 0.5) is 0 Å². The summed E-state index contributed by atoms with van der Waals surface area (Å²) in [6.07, 6.45) is 2.11. The van der Waals surface area contributed by atoms with Gasteiger partial charge in [0.15, 0.2) is 11.6 Å². The zero-order valence-electron chi connectivity index (χ0n) is 9.17. The smallest absolute Gasteiger partial charge is 0.876 e. The van der Waals surface area contributed by atoms with E-state index in [0.29, 0.717) is 0 Å². The summed E-state index contributed by atoms with van der Waals surface area (Å²) < 4.78 is 0. The van der Waals surface area contributed by atoms with Gasteiger partial charge < -0.3 is 10.2 Å². The molecule has 0 heterocycles. The van der Waals surface area contributed by atoms with Crippen molar-refractivity contribution in [3.63, 3.8) is 0 Å². The minimum atomic E-state index is -0.187. The van der Waals surface area contributed by atoms with Crippen LogP contribution in [0, 0.1) is 0 Å². The van der Waals surface area contributed by atoms with E-state index in [9.17, 15) is 19.8 Å². The van der Waals surface area contributed by atoms with Gasteiger partial charge in [0.1, 0.15) is 0 Å². The fraction of sp³-hybridized carbons (Fsp3) is 0.400. The van der Waals surface area contributed by atoms with Crippen molar-refractivity contribution in [2.24, 2.45) is 0 Å². The van der Waals surface area contributed by atoms with Crippen LogP contribution in [-0.4, -0.2) is 11.6 Å². The molecule has 0 spiro atoms. The number of hydrogen-bond acceptors (Lipinski definition) is 4. The summed E-state index contributed by atoms with van der Waals surface area (Å²) >= 11 is 0. The van der Waals surface area contributed by atoms with E-state index in [2.05, 4.69) is 0 Å². The second-order valence-corrected chi connectivity index (χ2v) is 2.73. The number of allylic oxidation sites excluding steroid dienone is 4. The Balaban J connectivity index is -0.000000180. The summed E-state index contributed by atoms with van der Waals surface area (Å²) in [6, 6.07) is 0. The molecule has 1 radical (unpaired) electrons. The van der Waals surface area contributed by atoms with E-state index in [1.54, 1.807) is 0 Å². The van der Waals surface area contributed by atoms with Gasteiger partial charge in [-0.25, -0.2) is 0 Å². The first kappa shape index (κ1) is 19.5. The van der Waals surface area contributed by atoms with Gasteiger partial charge in [0.25, 0.3) is 0 Å². The molecule has 0 saturated heterocycles. The third-order valence-electron chi connectivity index (χ3n) is 0.813. The van der Waals surface area contributed by atoms with Crippen LogP contribution in [0.2, 0.25) is 0 Å². The molecule has 0 aliphatic carbocycles. The van der Waals surface area contributed by atoms with Crippen molar-refractivity contribution >= 4 is 11.6 Å². The zero-order valence-corrected chi connectivity index (χ0v) is 10.3. The number of hydrogen-bond donors (Lipinski definition) is 0. The molecule has 0 aromatic rings. The van der Waals surface area contributed by atoms with Gasteiger partial charge >= 0.3 is 17.1 Å². The normalized spacial score (nSPS) is 10.7. The average molecular weight is 253 g/mol. The molecular formula is C10H14MnO4. The van der Waals surface area contributed by atoms with Crippen molar-refractivity contribution < 1.29 is 36.9 Å². The van der Waals surface area contributed by atoms with Crippen molar-refractivity contribution in [1.29, 1.82) is 0 Å². The van der Waals surface area contributed by atoms with Crippen molar-refractivity contribution in [2.75, 3.05) is 0 Å². The minimum Gasteiger partial charge on any atom is -0.876 e. The third kappa shape index (κ3) is 32.2. The number of rotatable bonds is 2. The van der Waals surface area contributed by atoms with Crippen LogP contribution in [0.15, 0.2) is 23.7 Å². The maximum absolute atomic E-state index is 9.98. The van der Waals surface area contributed by atoms with E-state index in [4.69, 9.17) is 0 Å². The zero-order chi connectivity index (χ0) is 11.7. The summed E-state index contributed by atoms with van der Waals surface area (Å²) in [5.41, 5.74) is 0. The molecule has 0 amide bonds. The summed E-state index contributed by atoms with van der Waals surface area (Å²) in [5.74, 6) is -0.750. The molecule has 0 N–H and O–H groups in total. The molecule has 85 valence electrons. The Bertz CT molecular complexity index is 231. The molecule has 5 heteroatoms. The summed E-state index contributed by atoms with van der Waals surface area (Å²) in [6.45, 7) is 5.39. The summed E-state index contributed by atoms with van der Waals surface area (Å²) in [4.78, 5) is 20.0. The maximum atomic E-state index is 9.98. The molecule has 0 rings (SSSR count). The molecule has 0 saturated carbocycles. The molecule has 0 unspecified atom stereocenters. The van der Waals surface area contributed by atoms with E-state index < -0.39 is 0 Å². The Hall–Kier alpha value is -1.06. The van der Waals surface area contributed by atoms with Crippen LogP contribution in [0.1, 0.15) is 27.7 Å². The molecule has 0 fully saturated rings. The van der Waals surface area contributed by atoms with E-state index in [0.717, 1.165) is 12.2 Å². The number of carbonyl (C=O) groups is 2. The molecule has 0 bridgehead atoms. The Morgan fingerprint density at radius 2 is 1.00 bits per heavy atom. The molecule has 0 aliphatic heterocycles. The third-order valence-corrected chi connectivity index (χ3v) is 0.813. The van der Waals surface area contributed by atoms with Gasteiger partial charge in [0, 0.05) is 0 Å². The predicted octanol–water partition coefficient (Wildman–Crippen LogP) is -0.324. The van der Waals surface area contributed by atoms with Crippen LogP contribution in [-0.2, 0) is 26.7 Å². The predicted molar refractivity (Wildman–Crippen MR) is 48.9 cm³/mol. The van der Waals surface area contributed by atoms with Crippen LogP contribution >= 0.6 is 0 Å². The van der Waals surface area contributed by atoms with Gasteiger partial charge in [-0.15, -0.1) is 11.5 Å². The molecule has 0 aromatic heterocycles. The first-order valence-corrected chi connectivity index (χ1v) is 3.97. The van der Waals surface area contributed by atoms with Crippen molar-refractivity contribution in [3.8, 4) is 0 Å². The Morgan fingerprint density at radius 1 is 0.800 bits per heavy atom. The van der Waals surface area contributed by atoms with Gasteiger partial charge in [-0.3, -0.25) is 9.59 Å². The van der Waals surface area contributed by atoms with E-state index in [1.807, 2.05) is 0 Å². The van der Waals surface area contributed by atoms with Gasteiger partial charge in [-0.2, -0.15) is 0 Å². The molecule has 4 nitrogen and oxygen atoms in total. The topological polar surface area (TPSA) is 80.3 Å². The SMILES string of the molecule is CC(=O)C=C(C)[O-].CC(=O)C=C(C)[O-].[Mn+2].